The summed E-state index contributed by atoms with van der Waals surface area (Å²) in [6, 6.07) is 0. The molecular weight excluding hydrogens is 158 g/mol. The van der Waals surface area contributed by atoms with Crippen molar-refractivity contribution in [2.24, 2.45) is 0 Å². The monoisotopic (exact) mass is 169 g/mol. The molecule has 0 radical (unpaired) electrons. The highest BCUT2D eigenvalue weighted by atomic mass is 16.5. The highest BCUT2D eigenvalue weighted by Crippen LogP contribution is 2.12. The van der Waals surface area contributed by atoms with E-state index in [1.54, 1.807) is 0 Å². The second kappa shape index (κ2) is 3.38. The number of carbonyl (C=O) groups is 1. The van der Waals surface area contributed by atoms with Crippen LogP contribution >= 0.6 is 0 Å². The van der Waals surface area contributed by atoms with Crippen molar-refractivity contribution in [3.63, 3.8) is 0 Å². The Hall–Kier alpha value is -1.32. The first-order valence-corrected chi connectivity index (χ1v) is 3.66. The third-order valence-electron chi connectivity index (χ3n) is 1.66. The van der Waals surface area contributed by atoms with Crippen molar-refractivity contribution in [3.05, 3.63) is 17.0 Å². The number of aryl methyl sites for hydroxylation is 1. The van der Waals surface area contributed by atoms with E-state index in [1.807, 2.05) is 13.8 Å². The third-order valence-corrected chi connectivity index (χ3v) is 1.66. The number of rotatable bonds is 2. The van der Waals surface area contributed by atoms with Crippen molar-refractivity contribution in [2.45, 2.75) is 27.4 Å². The van der Waals surface area contributed by atoms with E-state index in [0.29, 0.717) is 5.76 Å². The van der Waals surface area contributed by atoms with Crippen molar-refractivity contribution in [1.29, 1.82) is 0 Å². The van der Waals surface area contributed by atoms with Gasteiger partial charge >= 0.3 is 5.97 Å². The van der Waals surface area contributed by atoms with Crippen LogP contribution in [0, 0.1) is 13.8 Å². The lowest BCUT2D eigenvalue weighted by molar-refractivity contribution is -0.142. The van der Waals surface area contributed by atoms with Crippen LogP contribution in [0.25, 0.3) is 0 Å². The fraction of sp³-hybridized carbons (Fsp3) is 0.500. The van der Waals surface area contributed by atoms with Gasteiger partial charge in [-0.1, -0.05) is 5.16 Å². The molecule has 0 bridgehead atoms. The SMILES string of the molecule is CC(=O)OCc1onc(C)c1C. The van der Waals surface area contributed by atoms with Crippen LogP contribution in [-0.2, 0) is 16.1 Å². The van der Waals surface area contributed by atoms with Gasteiger partial charge in [0.25, 0.3) is 0 Å². The number of nitrogens with zero attached hydrogens (tertiary/aromatic N) is 1. The Morgan fingerprint density at radius 2 is 2.25 bits per heavy atom. The molecule has 4 heteroatoms. The van der Waals surface area contributed by atoms with E-state index in [1.165, 1.54) is 6.92 Å². The number of hydrogen-bond acceptors (Lipinski definition) is 4. The van der Waals surface area contributed by atoms with Gasteiger partial charge in [0.15, 0.2) is 12.4 Å². The fourth-order valence-electron chi connectivity index (χ4n) is 0.764. The smallest absolute Gasteiger partial charge is 0.303 e. The molecule has 0 saturated heterocycles. The Morgan fingerprint density at radius 1 is 1.58 bits per heavy atom. The van der Waals surface area contributed by atoms with Crippen molar-refractivity contribution in [3.8, 4) is 0 Å². The number of carbonyl (C=O) groups excluding carboxylic acids is 1. The Morgan fingerprint density at radius 3 is 2.67 bits per heavy atom. The average Bonchev–Trinajstić information content (AvgIpc) is 2.30. The van der Waals surface area contributed by atoms with Crippen LogP contribution in [0.4, 0.5) is 0 Å². The van der Waals surface area contributed by atoms with E-state index in [9.17, 15) is 4.79 Å². The van der Waals surface area contributed by atoms with Gasteiger partial charge in [0.2, 0.25) is 0 Å². The van der Waals surface area contributed by atoms with Gasteiger partial charge in [-0.2, -0.15) is 0 Å². The zero-order chi connectivity index (χ0) is 9.14. The van der Waals surface area contributed by atoms with Gasteiger partial charge in [-0.15, -0.1) is 0 Å². The third kappa shape index (κ3) is 1.84. The molecule has 0 aliphatic heterocycles. The molecule has 0 atom stereocenters. The largest absolute Gasteiger partial charge is 0.458 e. The summed E-state index contributed by atoms with van der Waals surface area (Å²) in [5.74, 6) is 0.297. The highest BCUT2D eigenvalue weighted by Gasteiger charge is 2.08. The standard InChI is InChI=1S/C8H11NO3/c1-5-6(2)9-12-8(5)4-11-7(3)10/h4H2,1-3H3. The average molecular weight is 169 g/mol. The van der Waals surface area contributed by atoms with Crippen LogP contribution in [0.1, 0.15) is 23.9 Å². The number of hydrogen-bond donors (Lipinski definition) is 0. The van der Waals surface area contributed by atoms with E-state index < -0.39 is 0 Å². The summed E-state index contributed by atoms with van der Waals surface area (Å²) in [6.45, 7) is 5.25. The molecule has 0 unspecified atom stereocenters. The Balaban J connectivity index is 2.63. The maximum absolute atomic E-state index is 10.5. The fourth-order valence-corrected chi connectivity index (χ4v) is 0.764. The molecule has 4 nitrogen and oxygen atoms in total. The van der Waals surface area contributed by atoms with Crippen LogP contribution in [0.3, 0.4) is 0 Å². The van der Waals surface area contributed by atoms with Crippen molar-refractivity contribution >= 4 is 5.97 Å². The molecule has 66 valence electrons. The van der Waals surface area contributed by atoms with Crippen molar-refractivity contribution in [2.75, 3.05) is 0 Å². The first kappa shape index (κ1) is 8.77. The van der Waals surface area contributed by atoms with Crippen molar-refractivity contribution in [1.82, 2.24) is 5.16 Å². The molecule has 0 aliphatic rings. The van der Waals surface area contributed by atoms with Gasteiger partial charge in [-0.25, -0.2) is 0 Å². The Bertz CT molecular complexity index is 290. The van der Waals surface area contributed by atoms with E-state index >= 15 is 0 Å². The lowest BCUT2D eigenvalue weighted by Crippen LogP contribution is -1.98. The summed E-state index contributed by atoms with van der Waals surface area (Å²) in [5, 5.41) is 3.73. The van der Waals surface area contributed by atoms with Crippen LogP contribution in [0.15, 0.2) is 4.52 Å². The molecular formula is C8H11NO3. The lowest BCUT2D eigenvalue weighted by Gasteiger charge is -1.97. The molecule has 0 amide bonds. The molecule has 1 aromatic heterocycles. The lowest BCUT2D eigenvalue weighted by atomic mass is 10.2. The molecule has 0 aliphatic carbocycles. The van der Waals surface area contributed by atoms with Gasteiger partial charge in [-0.3, -0.25) is 4.79 Å². The molecule has 0 spiro atoms. The maximum Gasteiger partial charge on any atom is 0.303 e. The normalized spacial score (nSPS) is 9.92. The first-order chi connectivity index (χ1) is 5.61. The van der Waals surface area contributed by atoms with Gasteiger partial charge in [-0.05, 0) is 13.8 Å². The summed E-state index contributed by atoms with van der Waals surface area (Å²) < 4.78 is 9.67. The first-order valence-electron chi connectivity index (χ1n) is 3.66. The second-order valence-electron chi connectivity index (χ2n) is 2.60. The molecule has 0 fully saturated rings. The van der Waals surface area contributed by atoms with Crippen LogP contribution in [0.2, 0.25) is 0 Å². The quantitative estimate of drug-likeness (QED) is 0.627. The van der Waals surface area contributed by atoms with Crippen LogP contribution < -0.4 is 0 Å². The Kier molecular flexibility index (Phi) is 2.47. The van der Waals surface area contributed by atoms with Crippen molar-refractivity contribution < 1.29 is 14.1 Å². The van der Waals surface area contributed by atoms with Gasteiger partial charge in [0.1, 0.15) is 0 Å². The minimum atomic E-state index is -0.316. The van der Waals surface area contributed by atoms with Gasteiger partial charge in [0.05, 0.1) is 5.69 Å². The summed E-state index contributed by atoms with van der Waals surface area (Å²) >= 11 is 0. The summed E-state index contributed by atoms with van der Waals surface area (Å²) in [7, 11) is 0. The summed E-state index contributed by atoms with van der Waals surface area (Å²) in [5.41, 5.74) is 1.77. The minimum absolute atomic E-state index is 0.169. The molecule has 1 heterocycles. The summed E-state index contributed by atoms with van der Waals surface area (Å²) in [6.07, 6.45) is 0. The predicted molar refractivity (Wildman–Crippen MR) is 41.4 cm³/mol. The zero-order valence-corrected chi connectivity index (χ0v) is 7.38. The van der Waals surface area contributed by atoms with Crippen LogP contribution in [0.5, 0.6) is 0 Å². The number of esters is 1. The second-order valence-corrected chi connectivity index (χ2v) is 2.60. The topological polar surface area (TPSA) is 52.3 Å². The zero-order valence-electron chi connectivity index (χ0n) is 7.38. The minimum Gasteiger partial charge on any atom is -0.458 e. The summed E-state index contributed by atoms with van der Waals surface area (Å²) in [4.78, 5) is 10.5. The number of ether oxygens (including phenoxy) is 1. The molecule has 12 heavy (non-hydrogen) atoms. The molecule has 1 aromatic rings. The van der Waals surface area contributed by atoms with Gasteiger partial charge < -0.3 is 9.26 Å². The predicted octanol–water partition coefficient (Wildman–Crippen LogP) is 1.35. The van der Waals surface area contributed by atoms with Gasteiger partial charge in [0, 0.05) is 12.5 Å². The molecule has 0 aromatic carbocycles. The molecule has 1 rings (SSSR count). The number of aromatic nitrogens is 1. The van der Waals surface area contributed by atoms with E-state index in [0.717, 1.165) is 11.3 Å². The maximum atomic E-state index is 10.5. The van der Waals surface area contributed by atoms with Crippen LogP contribution in [-0.4, -0.2) is 11.1 Å². The van der Waals surface area contributed by atoms with E-state index in [-0.39, 0.29) is 12.6 Å². The van der Waals surface area contributed by atoms with E-state index in [4.69, 9.17) is 9.26 Å². The highest BCUT2D eigenvalue weighted by molar-refractivity contribution is 5.65. The van der Waals surface area contributed by atoms with E-state index in [2.05, 4.69) is 5.16 Å². The molecule has 0 saturated carbocycles. The Labute approximate surface area is 70.5 Å². The molecule has 0 N–H and O–H groups in total.